The topological polar surface area (TPSA) is 84.3 Å². The van der Waals surface area contributed by atoms with Crippen molar-refractivity contribution in [2.75, 3.05) is 31.1 Å². The lowest BCUT2D eigenvalue weighted by atomic mass is 9.87. The van der Waals surface area contributed by atoms with Gasteiger partial charge in [-0.2, -0.15) is 0 Å². The first-order valence-electron chi connectivity index (χ1n) is 13.6. The van der Waals surface area contributed by atoms with E-state index in [-0.39, 0.29) is 6.04 Å². The lowest BCUT2D eigenvalue weighted by Gasteiger charge is -2.40. The molecule has 4 heterocycles. The summed E-state index contributed by atoms with van der Waals surface area (Å²) in [4.78, 5) is 19.1. The molecule has 2 saturated heterocycles. The van der Waals surface area contributed by atoms with Gasteiger partial charge >= 0.3 is 0 Å². The molecule has 2 N–H and O–H groups in total. The molecule has 0 aliphatic carbocycles. The molecule has 3 aliphatic rings. The van der Waals surface area contributed by atoms with Crippen molar-refractivity contribution in [1.82, 2.24) is 14.5 Å². The Morgan fingerprint density at radius 3 is 2.64 bits per heavy atom. The molecule has 5 rings (SSSR count). The van der Waals surface area contributed by atoms with E-state index < -0.39 is 0 Å². The molecule has 2 fully saturated rings. The molecule has 8 nitrogen and oxygen atoms in total. The van der Waals surface area contributed by atoms with Crippen LogP contribution in [0.3, 0.4) is 0 Å². The quantitative estimate of drug-likeness (QED) is 0.501. The first kappa shape index (κ1) is 24.8. The highest BCUT2D eigenvalue weighted by Crippen LogP contribution is 2.40. The van der Waals surface area contributed by atoms with Crippen molar-refractivity contribution in [3.05, 3.63) is 30.1 Å². The van der Waals surface area contributed by atoms with E-state index in [1.165, 1.54) is 50.8 Å². The number of nitrogens with two attached hydrogens (primary N) is 1. The normalized spacial score (nSPS) is 21.8. The predicted octanol–water partition coefficient (Wildman–Crippen LogP) is 4.17. The van der Waals surface area contributed by atoms with Gasteiger partial charge in [-0.05, 0) is 84.5 Å². The van der Waals surface area contributed by atoms with E-state index in [1.807, 2.05) is 20.0 Å². The average Bonchev–Trinajstić information content (AvgIpc) is 3.48. The van der Waals surface area contributed by atoms with Gasteiger partial charge in [-0.3, -0.25) is 4.99 Å². The summed E-state index contributed by atoms with van der Waals surface area (Å²) >= 11 is 0. The lowest BCUT2D eigenvalue weighted by Crippen LogP contribution is -2.44. The molecule has 1 atom stereocenters. The highest BCUT2D eigenvalue weighted by molar-refractivity contribution is 6.01. The van der Waals surface area contributed by atoms with E-state index in [0.717, 1.165) is 41.8 Å². The van der Waals surface area contributed by atoms with Crippen molar-refractivity contribution in [3.63, 3.8) is 0 Å². The number of fused-ring (bicyclic) bond motifs is 3. The fourth-order valence-corrected chi connectivity index (χ4v) is 6.06. The molecule has 2 aromatic rings. The summed E-state index contributed by atoms with van der Waals surface area (Å²) < 4.78 is 8.39. The zero-order valence-electron chi connectivity index (χ0n) is 22.2. The number of piperidine rings is 1. The van der Waals surface area contributed by atoms with Gasteiger partial charge in [0, 0.05) is 42.6 Å². The number of likely N-dealkylation sites (tertiary alicyclic amines) is 1. The van der Waals surface area contributed by atoms with Crippen LogP contribution >= 0.6 is 0 Å². The summed E-state index contributed by atoms with van der Waals surface area (Å²) in [6, 6.07) is 8.06. The van der Waals surface area contributed by atoms with Crippen LogP contribution in [0.2, 0.25) is 0 Å². The molecule has 0 amide bonds. The maximum absolute atomic E-state index is 6.25. The fraction of sp³-hybridized carbons (Fsp3) is 0.607. The molecule has 0 spiro atoms. The Balaban J connectivity index is 1.40. The Morgan fingerprint density at radius 2 is 1.92 bits per heavy atom. The molecular weight excluding hydrogens is 450 g/mol. The Morgan fingerprint density at radius 1 is 1.11 bits per heavy atom. The summed E-state index contributed by atoms with van der Waals surface area (Å²) in [5.74, 6) is 3.14. The summed E-state index contributed by atoms with van der Waals surface area (Å²) in [6.45, 7) is 13.6. The first-order chi connectivity index (χ1) is 17.4. The number of hydrogen-bond acceptors (Lipinski definition) is 5. The highest BCUT2D eigenvalue weighted by Gasteiger charge is 2.35. The Kier molecular flexibility index (Phi) is 7.32. The lowest BCUT2D eigenvalue weighted by molar-refractivity contribution is 0.138. The van der Waals surface area contributed by atoms with Crippen LogP contribution in [0.15, 0.2) is 34.4 Å². The maximum Gasteiger partial charge on any atom is 0.176 e. The molecule has 194 valence electrons. The largest absolute Gasteiger partial charge is 0.491 e. The summed E-state index contributed by atoms with van der Waals surface area (Å²) in [6.07, 6.45) is 8.45. The molecule has 3 aliphatic heterocycles. The van der Waals surface area contributed by atoms with Crippen LogP contribution in [0.25, 0.3) is 11.4 Å². The van der Waals surface area contributed by atoms with Crippen LogP contribution in [0.4, 0.5) is 5.69 Å². The number of imidazole rings is 1. The molecule has 36 heavy (non-hydrogen) atoms. The van der Waals surface area contributed by atoms with E-state index in [4.69, 9.17) is 15.5 Å². The van der Waals surface area contributed by atoms with Crippen LogP contribution < -0.4 is 15.4 Å². The maximum atomic E-state index is 6.25. The third kappa shape index (κ3) is 5.01. The number of aromatic nitrogens is 2. The smallest absolute Gasteiger partial charge is 0.176 e. The van der Waals surface area contributed by atoms with E-state index >= 15 is 0 Å². The van der Waals surface area contributed by atoms with Gasteiger partial charge in [0.15, 0.2) is 5.84 Å². The van der Waals surface area contributed by atoms with Crippen LogP contribution in [0.1, 0.15) is 59.1 Å². The third-order valence-electron chi connectivity index (χ3n) is 7.86. The van der Waals surface area contributed by atoms with Gasteiger partial charge in [-0.25, -0.2) is 9.98 Å². The minimum atomic E-state index is 0.106. The zero-order chi connectivity index (χ0) is 25.2. The Bertz CT molecular complexity index is 1110. The van der Waals surface area contributed by atoms with Gasteiger partial charge in [0.1, 0.15) is 23.9 Å². The van der Waals surface area contributed by atoms with Crippen molar-refractivity contribution < 1.29 is 4.74 Å². The number of hydrogen-bond donors (Lipinski definition) is 1. The SMILES string of the molecule is CC(C)N=C(N=CN)c1cn2c(n1)-c1ccc(N3CCC[C@@H]3C3CCN(C(C)C)CC3)cc1OCC2. The highest BCUT2D eigenvalue weighted by atomic mass is 16.5. The van der Waals surface area contributed by atoms with Gasteiger partial charge in [-0.1, -0.05) is 0 Å². The second-order valence-corrected chi connectivity index (χ2v) is 10.9. The summed E-state index contributed by atoms with van der Waals surface area (Å²) in [5, 5.41) is 0. The van der Waals surface area contributed by atoms with Gasteiger partial charge in [0.05, 0.1) is 18.4 Å². The standard InChI is InChI=1S/C28H41N7O/c1-19(2)31-27(30-18-29)24-17-34-14-15-36-26-16-22(7-8-23(26)28(34)32-24)35-11-5-6-25(35)21-9-12-33(13-10-21)20(3)4/h7-8,16-21,25H,5-6,9-15H2,1-4H3,(H2,29,30,31)/t25-/m1/s1. The molecule has 1 aromatic carbocycles. The van der Waals surface area contributed by atoms with Crippen LogP contribution in [0.5, 0.6) is 5.75 Å². The Hall–Kier alpha value is -2.87. The zero-order valence-corrected chi connectivity index (χ0v) is 22.2. The molecule has 0 saturated carbocycles. The molecule has 1 aromatic heterocycles. The van der Waals surface area contributed by atoms with Crippen molar-refractivity contribution in [2.45, 2.75) is 78.0 Å². The first-order valence-corrected chi connectivity index (χ1v) is 13.6. The number of amidine groups is 1. The minimum Gasteiger partial charge on any atom is -0.491 e. The van der Waals surface area contributed by atoms with Crippen molar-refractivity contribution in [3.8, 4) is 17.1 Å². The minimum absolute atomic E-state index is 0.106. The number of benzene rings is 1. The summed E-state index contributed by atoms with van der Waals surface area (Å²) in [5.41, 5.74) is 8.63. The number of aliphatic imine (C=N–C) groups is 2. The molecule has 0 radical (unpaired) electrons. The average molecular weight is 492 g/mol. The number of nitrogens with zero attached hydrogens (tertiary/aromatic N) is 6. The Labute approximate surface area is 215 Å². The van der Waals surface area contributed by atoms with Crippen LogP contribution in [-0.2, 0) is 6.54 Å². The van der Waals surface area contributed by atoms with E-state index in [1.54, 1.807) is 0 Å². The molecule has 0 unspecified atom stereocenters. The van der Waals surface area contributed by atoms with Crippen molar-refractivity contribution >= 4 is 17.9 Å². The van der Waals surface area contributed by atoms with E-state index in [2.05, 4.69) is 56.4 Å². The second kappa shape index (κ2) is 10.6. The van der Waals surface area contributed by atoms with Crippen molar-refractivity contribution in [1.29, 1.82) is 0 Å². The summed E-state index contributed by atoms with van der Waals surface area (Å²) in [7, 11) is 0. The van der Waals surface area contributed by atoms with Crippen molar-refractivity contribution in [2.24, 2.45) is 21.6 Å². The van der Waals surface area contributed by atoms with Crippen LogP contribution in [-0.4, -0.2) is 71.0 Å². The molecular formula is C28H41N7O. The monoisotopic (exact) mass is 491 g/mol. The van der Waals surface area contributed by atoms with Gasteiger partial charge < -0.3 is 24.8 Å². The number of ether oxygens (including phenoxy) is 1. The van der Waals surface area contributed by atoms with E-state index in [0.29, 0.717) is 24.5 Å². The molecule has 0 bridgehead atoms. The van der Waals surface area contributed by atoms with Gasteiger partial charge in [0.2, 0.25) is 0 Å². The predicted molar refractivity (Wildman–Crippen MR) is 147 cm³/mol. The molecule has 8 heteroatoms. The number of rotatable bonds is 5. The second-order valence-electron chi connectivity index (χ2n) is 10.9. The van der Waals surface area contributed by atoms with E-state index in [9.17, 15) is 0 Å². The fourth-order valence-electron chi connectivity index (χ4n) is 6.06. The number of anilines is 1. The van der Waals surface area contributed by atoms with Gasteiger partial charge in [-0.15, -0.1) is 0 Å². The third-order valence-corrected chi connectivity index (χ3v) is 7.86. The van der Waals surface area contributed by atoms with Gasteiger partial charge in [0.25, 0.3) is 0 Å². The van der Waals surface area contributed by atoms with Crippen LogP contribution in [0, 0.1) is 5.92 Å².